The average Bonchev–Trinajstić information content (AvgIpc) is 2.56. The summed E-state index contributed by atoms with van der Waals surface area (Å²) in [5.74, 6) is 0.284. The average molecular weight is 367 g/mol. The van der Waals surface area contributed by atoms with E-state index in [2.05, 4.69) is 57.2 Å². The number of aromatic nitrogens is 1. The van der Waals surface area contributed by atoms with Crippen molar-refractivity contribution in [3.63, 3.8) is 0 Å². The molecular formula is C20H17BrNO+. The first-order chi connectivity index (χ1) is 11.2. The van der Waals surface area contributed by atoms with E-state index in [4.69, 9.17) is 0 Å². The van der Waals surface area contributed by atoms with Crippen LogP contribution in [-0.2, 0) is 6.54 Å². The normalized spacial score (nSPS) is 11.0. The van der Waals surface area contributed by atoms with Crippen LogP contribution in [0.5, 0.6) is 5.75 Å². The van der Waals surface area contributed by atoms with Gasteiger partial charge < -0.3 is 5.11 Å². The monoisotopic (exact) mass is 366 g/mol. The van der Waals surface area contributed by atoms with Crippen LogP contribution in [0.15, 0.2) is 77.5 Å². The summed E-state index contributed by atoms with van der Waals surface area (Å²) < 4.78 is 3.27. The number of pyridine rings is 1. The zero-order valence-electron chi connectivity index (χ0n) is 12.6. The number of aromatic hydroxyl groups is 1. The molecule has 0 fully saturated rings. The van der Waals surface area contributed by atoms with Gasteiger partial charge in [0, 0.05) is 22.2 Å². The molecule has 0 unspecified atom stereocenters. The van der Waals surface area contributed by atoms with Crippen molar-refractivity contribution in [2.75, 3.05) is 0 Å². The maximum atomic E-state index is 9.47. The van der Waals surface area contributed by atoms with Gasteiger partial charge in [0.1, 0.15) is 5.75 Å². The molecule has 0 amide bonds. The molecule has 2 aromatic carbocycles. The van der Waals surface area contributed by atoms with Crippen molar-refractivity contribution in [3.8, 4) is 5.75 Å². The van der Waals surface area contributed by atoms with Crippen molar-refractivity contribution in [1.82, 2.24) is 0 Å². The zero-order valence-corrected chi connectivity index (χ0v) is 14.1. The molecule has 1 aromatic heterocycles. The van der Waals surface area contributed by atoms with Gasteiger partial charge in [-0.15, -0.1) is 0 Å². The maximum absolute atomic E-state index is 9.47. The van der Waals surface area contributed by atoms with Crippen molar-refractivity contribution in [2.24, 2.45) is 0 Å². The standard InChI is InChI=1S/C20H16BrNO/c21-20-7-2-1-5-18(20)15-22-12-10-16(11-13-22)8-9-17-4-3-6-19(23)14-17/h1-14H,15H2/p+1. The van der Waals surface area contributed by atoms with E-state index in [1.54, 1.807) is 12.1 Å². The molecule has 114 valence electrons. The Bertz CT molecular complexity index is 825. The molecule has 0 saturated heterocycles. The molecule has 1 N–H and O–H groups in total. The summed E-state index contributed by atoms with van der Waals surface area (Å²) in [6.45, 7) is 0.831. The Labute approximate surface area is 144 Å². The van der Waals surface area contributed by atoms with Crippen molar-refractivity contribution < 1.29 is 9.67 Å². The van der Waals surface area contributed by atoms with Crippen molar-refractivity contribution in [3.05, 3.63) is 94.2 Å². The first-order valence-corrected chi connectivity index (χ1v) is 8.20. The third kappa shape index (κ3) is 4.30. The minimum Gasteiger partial charge on any atom is -0.508 e. The van der Waals surface area contributed by atoms with Crippen molar-refractivity contribution in [2.45, 2.75) is 6.54 Å². The summed E-state index contributed by atoms with van der Waals surface area (Å²) >= 11 is 3.58. The van der Waals surface area contributed by atoms with E-state index < -0.39 is 0 Å². The molecule has 0 aliphatic heterocycles. The zero-order chi connectivity index (χ0) is 16.1. The smallest absolute Gasteiger partial charge is 0.174 e. The van der Waals surface area contributed by atoms with Crippen LogP contribution in [0, 0.1) is 0 Å². The number of nitrogens with zero attached hydrogens (tertiary/aromatic N) is 1. The molecule has 0 saturated carbocycles. The Morgan fingerprint density at radius 3 is 2.35 bits per heavy atom. The predicted molar refractivity (Wildman–Crippen MR) is 96.9 cm³/mol. The van der Waals surface area contributed by atoms with Crippen molar-refractivity contribution in [1.29, 1.82) is 0 Å². The van der Waals surface area contributed by atoms with E-state index in [1.807, 2.05) is 36.4 Å². The van der Waals surface area contributed by atoms with Crippen LogP contribution in [0.4, 0.5) is 0 Å². The van der Waals surface area contributed by atoms with E-state index in [-0.39, 0.29) is 5.75 Å². The van der Waals surface area contributed by atoms with E-state index in [1.165, 1.54) is 5.56 Å². The van der Waals surface area contributed by atoms with Crippen LogP contribution in [0.2, 0.25) is 0 Å². The van der Waals surface area contributed by atoms with Gasteiger partial charge in [-0.05, 0) is 29.3 Å². The predicted octanol–water partition coefficient (Wildman–Crippen LogP) is 4.66. The Hall–Kier alpha value is -2.39. The molecule has 0 aliphatic rings. The number of rotatable bonds is 4. The highest BCUT2D eigenvalue weighted by Gasteiger charge is 2.05. The fraction of sp³-hybridized carbons (Fsp3) is 0.0500. The molecule has 1 heterocycles. The minimum absolute atomic E-state index is 0.284. The summed E-state index contributed by atoms with van der Waals surface area (Å²) in [6.07, 6.45) is 8.17. The molecule has 0 spiro atoms. The van der Waals surface area contributed by atoms with Crippen LogP contribution >= 0.6 is 15.9 Å². The van der Waals surface area contributed by atoms with Gasteiger partial charge in [-0.2, -0.15) is 0 Å². The summed E-state index contributed by atoms with van der Waals surface area (Å²) in [7, 11) is 0. The van der Waals surface area contributed by atoms with Gasteiger partial charge >= 0.3 is 0 Å². The van der Waals surface area contributed by atoms with E-state index in [9.17, 15) is 5.11 Å². The van der Waals surface area contributed by atoms with Crippen LogP contribution in [0.3, 0.4) is 0 Å². The summed E-state index contributed by atoms with van der Waals surface area (Å²) in [6, 6.07) is 19.6. The molecular weight excluding hydrogens is 350 g/mol. The molecule has 2 nitrogen and oxygen atoms in total. The summed E-state index contributed by atoms with van der Waals surface area (Å²) in [5.41, 5.74) is 3.35. The molecule has 23 heavy (non-hydrogen) atoms. The third-order valence-electron chi connectivity index (χ3n) is 3.57. The van der Waals surface area contributed by atoms with Gasteiger partial charge in [0.2, 0.25) is 0 Å². The molecule has 0 bridgehead atoms. The lowest BCUT2D eigenvalue weighted by Crippen LogP contribution is -2.33. The fourth-order valence-corrected chi connectivity index (χ4v) is 2.74. The highest BCUT2D eigenvalue weighted by Crippen LogP contribution is 2.16. The highest BCUT2D eigenvalue weighted by atomic mass is 79.9. The minimum atomic E-state index is 0.284. The van der Waals surface area contributed by atoms with E-state index >= 15 is 0 Å². The number of phenols is 1. The SMILES string of the molecule is Oc1cccc(C=Cc2cc[n+](Cc3ccccc3Br)cc2)c1. The van der Waals surface area contributed by atoms with Crippen LogP contribution in [-0.4, -0.2) is 5.11 Å². The largest absolute Gasteiger partial charge is 0.508 e. The number of benzene rings is 2. The summed E-state index contributed by atoms with van der Waals surface area (Å²) in [4.78, 5) is 0. The highest BCUT2D eigenvalue weighted by molar-refractivity contribution is 9.10. The van der Waals surface area contributed by atoms with Gasteiger partial charge in [0.05, 0.1) is 0 Å². The number of phenolic OH excluding ortho intramolecular Hbond substituents is 1. The molecule has 0 aliphatic carbocycles. The first kappa shape index (κ1) is 15.5. The van der Waals surface area contributed by atoms with Gasteiger partial charge in [-0.3, -0.25) is 0 Å². The Balaban J connectivity index is 1.71. The topological polar surface area (TPSA) is 24.1 Å². The van der Waals surface area contributed by atoms with Crippen LogP contribution in [0.25, 0.3) is 12.2 Å². The second-order valence-electron chi connectivity index (χ2n) is 5.32. The second-order valence-corrected chi connectivity index (χ2v) is 6.18. The lowest BCUT2D eigenvalue weighted by molar-refractivity contribution is -0.688. The number of hydrogen-bond donors (Lipinski definition) is 1. The van der Waals surface area contributed by atoms with E-state index in [0.29, 0.717) is 0 Å². The maximum Gasteiger partial charge on any atom is 0.174 e. The first-order valence-electron chi connectivity index (χ1n) is 7.40. The molecule has 3 aromatic rings. The number of halogens is 1. The van der Waals surface area contributed by atoms with Crippen LogP contribution in [0.1, 0.15) is 16.7 Å². The van der Waals surface area contributed by atoms with Gasteiger partial charge in [0.15, 0.2) is 18.9 Å². The molecule has 3 heteroatoms. The molecule has 3 rings (SSSR count). The van der Waals surface area contributed by atoms with Gasteiger partial charge in [-0.25, -0.2) is 4.57 Å². The summed E-state index contributed by atoms with van der Waals surface area (Å²) in [5, 5.41) is 9.47. The Morgan fingerprint density at radius 2 is 1.61 bits per heavy atom. The quantitative estimate of drug-likeness (QED) is 0.667. The second kappa shape index (κ2) is 7.25. The Kier molecular flexibility index (Phi) is 4.89. The van der Waals surface area contributed by atoms with Gasteiger partial charge in [-0.1, -0.05) is 58.4 Å². The lowest BCUT2D eigenvalue weighted by atomic mass is 10.1. The number of hydrogen-bond acceptors (Lipinski definition) is 1. The Morgan fingerprint density at radius 1 is 0.870 bits per heavy atom. The fourth-order valence-electron chi connectivity index (χ4n) is 2.33. The van der Waals surface area contributed by atoms with E-state index in [0.717, 1.165) is 22.1 Å². The van der Waals surface area contributed by atoms with Crippen molar-refractivity contribution >= 4 is 28.1 Å². The molecule has 0 atom stereocenters. The van der Waals surface area contributed by atoms with Crippen LogP contribution < -0.4 is 4.57 Å². The van der Waals surface area contributed by atoms with Gasteiger partial charge in [0.25, 0.3) is 0 Å². The molecule has 0 radical (unpaired) electrons. The lowest BCUT2D eigenvalue weighted by Gasteiger charge is -2.01. The third-order valence-corrected chi connectivity index (χ3v) is 4.34.